The Hall–Kier alpha value is -2.10. The van der Waals surface area contributed by atoms with E-state index in [-0.39, 0.29) is 0 Å². The first-order valence-electron chi connectivity index (χ1n) is 7.00. The van der Waals surface area contributed by atoms with E-state index in [0.29, 0.717) is 5.88 Å². The third-order valence-electron chi connectivity index (χ3n) is 3.23. The van der Waals surface area contributed by atoms with E-state index in [1.165, 1.54) is 24.7 Å². The maximum atomic E-state index is 5.82. The first-order valence-corrected chi connectivity index (χ1v) is 7.00. The molecule has 0 aliphatic carbocycles. The fourth-order valence-electron chi connectivity index (χ4n) is 2.01. The van der Waals surface area contributed by atoms with Crippen molar-refractivity contribution in [3.8, 4) is 11.6 Å². The van der Waals surface area contributed by atoms with Crippen molar-refractivity contribution in [3.05, 3.63) is 41.7 Å². The molecule has 0 saturated heterocycles. The van der Waals surface area contributed by atoms with Crippen LogP contribution in [0.15, 0.2) is 30.6 Å². The molecule has 0 spiro atoms. The minimum Gasteiger partial charge on any atom is -0.439 e. The van der Waals surface area contributed by atoms with Gasteiger partial charge in [-0.2, -0.15) is 0 Å². The van der Waals surface area contributed by atoms with Crippen molar-refractivity contribution in [2.45, 2.75) is 33.1 Å². The van der Waals surface area contributed by atoms with E-state index in [9.17, 15) is 0 Å². The summed E-state index contributed by atoms with van der Waals surface area (Å²) in [7, 11) is 1.83. The normalized spacial score (nSPS) is 10.3. The average molecular weight is 271 g/mol. The number of benzene rings is 1. The Morgan fingerprint density at radius 2 is 1.90 bits per heavy atom. The molecule has 1 N–H and O–H groups in total. The third-order valence-corrected chi connectivity index (χ3v) is 3.23. The Morgan fingerprint density at radius 1 is 1.15 bits per heavy atom. The maximum Gasteiger partial charge on any atom is 0.227 e. The highest BCUT2D eigenvalue weighted by molar-refractivity contribution is 5.48. The molecule has 4 nitrogen and oxygen atoms in total. The van der Waals surface area contributed by atoms with Gasteiger partial charge in [0.25, 0.3) is 0 Å². The zero-order valence-corrected chi connectivity index (χ0v) is 12.3. The standard InChI is InChI=1S/C16H21N3O/c1-4-5-6-13-7-9-14(10-8-13)20-16-12(2)15(17-3)18-11-19-16/h7-11H,4-6H2,1-3H3,(H,17,18,19). The highest BCUT2D eigenvalue weighted by atomic mass is 16.5. The van der Waals surface area contributed by atoms with E-state index in [4.69, 9.17) is 4.74 Å². The second-order valence-electron chi connectivity index (χ2n) is 4.75. The molecular weight excluding hydrogens is 250 g/mol. The van der Waals surface area contributed by atoms with Gasteiger partial charge in [0, 0.05) is 7.05 Å². The van der Waals surface area contributed by atoms with Crippen LogP contribution in [0.3, 0.4) is 0 Å². The molecule has 106 valence electrons. The molecule has 2 aromatic rings. The summed E-state index contributed by atoms with van der Waals surface area (Å²) in [5.74, 6) is 2.18. The molecule has 20 heavy (non-hydrogen) atoms. The summed E-state index contributed by atoms with van der Waals surface area (Å²) >= 11 is 0. The summed E-state index contributed by atoms with van der Waals surface area (Å²) in [5.41, 5.74) is 2.25. The van der Waals surface area contributed by atoms with Gasteiger partial charge < -0.3 is 10.1 Å². The summed E-state index contributed by atoms with van der Waals surface area (Å²) < 4.78 is 5.82. The molecule has 0 atom stereocenters. The predicted molar refractivity (Wildman–Crippen MR) is 81.4 cm³/mol. The lowest BCUT2D eigenvalue weighted by atomic mass is 10.1. The van der Waals surface area contributed by atoms with Gasteiger partial charge in [-0.3, -0.25) is 0 Å². The van der Waals surface area contributed by atoms with Gasteiger partial charge in [-0.1, -0.05) is 25.5 Å². The number of rotatable bonds is 6. The minimum atomic E-state index is 0.589. The second-order valence-corrected chi connectivity index (χ2v) is 4.75. The number of anilines is 1. The quantitative estimate of drug-likeness (QED) is 0.863. The van der Waals surface area contributed by atoms with Crippen molar-refractivity contribution >= 4 is 5.82 Å². The number of hydrogen-bond donors (Lipinski definition) is 1. The van der Waals surface area contributed by atoms with Gasteiger partial charge >= 0.3 is 0 Å². The molecule has 0 aliphatic rings. The van der Waals surface area contributed by atoms with Crippen LogP contribution in [-0.2, 0) is 6.42 Å². The van der Waals surface area contributed by atoms with Crippen LogP contribution < -0.4 is 10.1 Å². The number of nitrogens with one attached hydrogen (secondary N) is 1. The van der Waals surface area contributed by atoms with E-state index in [1.54, 1.807) is 0 Å². The summed E-state index contributed by atoms with van der Waals surface area (Å²) in [6.07, 6.45) is 5.05. The van der Waals surface area contributed by atoms with Crippen molar-refractivity contribution in [1.29, 1.82) is 0 Å². The van der Waals surface area contributed by atoms with Gasteiger partial charge in [0.1, 0.15) is 17.9 Å². The van der Waals surface area contributed by atoms with Crippen LogP contribution in [0.1, 0.15) is 30.9 Å². The molecule has 0 radical (unpaired) electrons. The maximum absolute atomic E-state index is 5.82. The summed E-state index contributed by atoms with van der Waals surface area (Å²) in [6.45, 7) is 4.14. The zero-order chi connectivity index (χ0) is 14.4. The number of unbranched alkanes of at least 4 members (excludes halogenated alkanes) is 1. The van der Waals surface area contributed by atoms with Crippen LogP contribution in [0.2, 0.25) is 0 Å². The van der Waals surface area contributed by atoms with Crippen LogP contribution in [0, 0.1) is 6.92 Å². The van der Waals surface area contributed by atoms with Gasteiger partial charge in [-0.25, -0.2) is 9.97 Å². The highest BCUT2D eigenvalue weighted by Crippen LogP contribution is 2.26. The summed E-state index contributed by atoms with van der Waals surface area (Å²) in [4.78, 5) is 8.33. The molecule has 1 heterocycles. The number of ether oxygens (including phenoxy) is 1. The molecule has 0 amide bonds. The molecule has 0 bridgehead atoms. The van der Waals surface area contributed by atoms with Crippen LogP contribution in [-0.4, -0.2) is 17.0 Å². The molecule has 0 saturated carbocycles. The smallest absolute Gasteiger partial charge is 0.227 e. The number of aromatic nitrogens is 2. The van der Waals surface area contributed by atoms with E-state index >= 15 is 0 Å². The third kappa shape index (κ3) is 3.47. The van der Waals surface area contributed by atoms with Crippen molar-refractivity contribution < 1.29 is 4.74 Å². The SMILES string of the molecule is CCCCc1ccc(Oc2ncnc(NC)c2C)cc1. The van der Waals surface area contributed by atoms with Gasteiger partial charge in [0.05, 0.1) is 5.56 Å². The van der Waals surface area contributed by atoms with Gasteiger partial charge in [-0.15, -0.1) is 0 Å². The van der Waals surface area contributed by atoms with Gasteiger partial charge in [0.2, 0.25) is 5.88 Å². The fraction of sp³-hybridized carbons (Fsp3) is 0.375. The van der Waals surface area contributed by atoms with Crippen molar-refractivity contribution in [1.82, 2.24) is 9.97 Å². The largest absolute Gasteiger partial charge is 0.439 e. The summed E-state index contributed by atoms with van der Waals surface area (Å²) in [6, 6.07) is 8.21. The molecule has 4 heteroatoms. The Labute approximate surface area is 120 Å². The zero-order valence-electron chi connectivity index (χ0n) is 12.3. The number of hydrogen-bond acceptors (Lipinski definition) is 4. The molecule has 0 fully saturated rings. The second kappa shape index (κ2) is 6.89. The summed E-state index contributed by atoms with van der Waals surface area (Å²) in [5, 5.41) is 3.02. The monoisotopic (exact) mass is 271 g/mol. The van der Waals surface area contributed by atoms with E-state index < -0.39 is 0 Å². The average Bonchev–Trinajstić information content (AvgIpc) is 2.48. The molecule has 0 aliphatic heterocycles. The van der Waals surface area contributed by atoms with Crippen molar-refractivity contribution in [3.63, 3.8) is 0 Å². The lowest BCUT2D eigenvalue weighted by Gasteiger charge is -2.10. The van der Waals surface area contributed by atoms with Crippen molar-refractivity contribution in [2.24, 2.45) is 0 Å². The predicted octanol–water partition coefficient (Wildman–Crippen LogP) is 3.96. The first-order chi connectivity index (χ1) is 9.74. The Balaban J connectivity index is 2.10. The molecule has 1 aromatic heterocycles. The van der Waals surface area contributed by atoms with Gasteiger partial charge in [0.15, 0.2) is 0 Å². The van der Waals surface area contributed by atoms with Crippen LogP contribution in [0.25, 0.3) is 0 Å². The highest BCUT2D eigenvalue weighted by Gasteiger charge is 2.07. The van der Waals surface area contributed by atoms with Crippen LogP contribution in [0.4, 0.5) is 5.82 Å². The van der Waals surface area contributed by atoms with Gasteiger partial charge in [-0.05, 0) is 37.5 Å². The molecular formula is C16H21N3O. The Bertz CT molecular complexity index is 552. The minimum absolute atomic E-state index is 0.589. The fourth-order valence-corrected chi connectivity index (χ4v) is 2.01. The molecule has 0 unspecified atom stereocenters. The Kier molecular flexibility index (Phi) is 4.93. The topological polar surface area (TPSA) is 47.0 Å². The number of nitrogens with zero attached hydrogens (tertiary/aromatic N) is 2. The number of aryl methyl sites for hydroxylation is 1. The van der Waals surface area contributed by atoms with Crippen molar-refractivity contribution in [2.75, 3.05) is 12.4 Å². The molecule has 1 aromatic carbocycles. The lowest BCUT2D eigenvalue weighted by molar-refractivity contribution is 0.457. The lowest BCUT2D eigenvalue weighted by Crippen LogP contribution is -1.99. The van der Waals surface area contributed by atoms with E-state index in [2.05, 4.69) is 34.3 Å². The van der Waals surface area contributed by atoms with Crippen LogP contribution in [0.5, 0.6) is 11.6 Å². The van der Waals surface area contributed by atoms with E-state index in [0.717, 1.165) is 23.6 Å². The van der Waals surface area contributed by atoms with E-state index in [1.807, 2.05) is 26.1 Å². The Morgan fingerprint density at radius 3 is 2.55 bits per heavy atom. The first kappa shape index (κ1) is 14.3. The molecule has 2 rings (SSSR count). The van der Waals surface area contributed by atoms with Crippen LogP contribution >= 0.6 is 0 Å².